The first kappa shape index (κ1) is 23.7. The summed E-state index contributed by atoms with van der Waals surface area (Å²) in [5, 5.41) is 20.5. The van der Waals surface area contributed by atoms with Gasteiger partial charge in [0.05, 0.1) is 12.2 Å². The highest BCUT2D eigenvalue weighted by Gasteiger charge is 2.32. The highest BCUT2D eigenvalue weighted by Crippen LogP contribution is 2.37. The molecule has 0 bridgehead atoms. The molecule has 0 heterocycles. The minimum absolute atomic E-state index is 0.134. The molecule has 0 aliphatic heterocycles. The highest BCUT2D eigenvalue weighted by molar-refractivity contribution is 5.00. The van der Waals surface area contributed by atoms with Crippen LogP contribution in [-0.2, 0) is 0 Å². The van der Waals surface area contributed by atoms with Gasteiger partial charge in [-0.3, -0.25) is 0 Å². The molecule has 26 heavy (non-hydrogen) atoms. The zero-order valence-electron chi connectivity index (χ0n) is 17.8. The minimum Gasteiger partial charge on any atom is -0.393 e. The molecule has 154 valence electrons. The molecule has 0 aromatic carbocycles. The molecule has 2 nitrogen and oxygen atoms in total. The molecule has 1 saturated carbocycles. The fourth-order valence-corrected chi connectivity index (χ4v) is 4.30. The number of aliphatic hydroxyl groups is 2. The van der Waals surface area contributed by atoms with Crippen molar-refractivity contribution in [3.8, 4) is 0 Å². The molecule has 0 aromatic rings. The molecule has 0 amide bonds. The number of allylic oxidation sites excluding steroid dienone is 1. The second-order valence-electron chi connectivity index (χ2n) is 8.78. The predicted octanol–water partition coefficient (Wildman–Crippen LogP) is 6.65. The molecule has 2 heteroatoms. The van der Waals surface area contributed by atoms with Gasteiger partial charge in [0.15, 0.2) is 0 Å². The van der Waals surface area contributed by atoms with Crippen LogP contribution < -0.4 is 0 Å². The normalized spacial score (nSPS) is 25.8. The van der Waals surface area contributed by atoms with E-state index in [4.69, 9.17) is 0 Å². The van der Waals surface area contributed by atoms with Gasteiger partial charge in [0.2, 0.25) is 0 Å². The van der Waals surface area contributed by atoms with E-state index < -0.39 is 0 Å². The summed E-state index contributed by atoms with van der Waals surface area (Å²) in [6.07, 6.45) is 20.6. The van der Waals surface area contributed by atoms with Gasteiger partial charge in [0.1, 0.15) is 0 Å². The van der Waals surface area contributed by atoms with Crippen molar-refractivity contribution >= 4 is 0 Å². The fourth-order valence-electron chi connectivity index (χ4n) is 4.30. The Kier molecular flexibility index (Phi) is 13.4. The number of hydrogen-bond donors (Lipinski definition) is 2. The summed E-state index contributed by atoms with van der Waals surface area (Å²) in [5.41, 5.74) is 0. The van der Waals surface area contributed by atoms with Gasteiger partial charge in [-0.1, -0.05) is 97.1 Å². The smallest absolute Gasteiger partial charge is 0.0721 e. The number of unbranched alkanes of at least 4 members (excludes halogenated alkanes) is 6. The molecule has 0 radical (unpaired) electrons. The first-order valence-corrected chi connectivity index (χ1v) is 11.6. The maximum absolute atomic E-state index is 10.3. The average molecular weight is 367 g/mol. The largest absolute Gasteiger partial charge is 0.393 e. The third-order valence-electron chi connectivity index (χ3n) is 6.46. The van der Waals surface area contributed by atoms with Crippen LogP contribution in [0.1, 0.15) is 111 Å². The SMILES string of the molecule is CCCCCCCC(O)C=C[C@H]1CC[C@H](O)[C@@H]1CCCCCC(C)CC. The van der Waals surface area contributed by atoms with Crippen LogP contribution in [0.3, 0.4) is 0 Å². The summed E-state index contributed by atoms with van der Waals surface area (Å²) in [6.45, 7) is 6.85. The highest BCUT2D eigenvalue weighted by atomic mass is 16.3. The Morgan fingerprint density at radius 3 is 2.35 bits per heavy atom. The van der Waals surface area contributed by atoms with Crippen molar-refractivity contribution in [1.29, 1.82) is 0 Å². The monoisotopic (exact) mass is 366 g/mol. The van der Waals surface area contributed by atoms with Crippen molar-refractivity contribution in [3.63, 3.8) is 0 Å². The lowest BCUT2D eigenvalue weighted by Crippen LogP contribution is -2.18. The van der Waals surface area contributed by atoms with Crippen LogP contribution in [0.4, 0.5) is 0 Å². The van der Waals surface area contributed by atoms with Crippen molar-refractivity contribution < 1.29 is 10.2 Å². The van der Waals surface area contributed by atoms with Crippen LogP contribution >= 0.6 is 0 Å². The summed E-state index contributed by atoms with van der Waals surface area (Å²) in [4.78, 5) is 0. The minimum atomic E-state index is -0.300. The predicted molar refractivity (Wildman–Crippen MR) is 113 cm³/mol. The van der Waals surface area contributed by atoms with Crippen LogP contribution in [0.5, 0.6) is 0 Å². The lowest BCUT2D eigenvalue weighted by atomic mass is 9.88. The molecule has 1 rings (SSSR count). The summed E-state index contributed by atoms with van der Waals surface area (Å²) in [6, 6.07) is 0. The molecule has 2 N–H and O–H groups in total. The zero-order chi connectivity index (χ0) is 19.2. The van der Waals surface area contributed by atoms with Crippen LogP contribution in [0.15, 0.2) is 12.2 Å². The van der Waals surface area contributed by atoms with Gasteiger partial charge in [0.25, 0.3) is 0 Å². The molecule has 0 saturated heterocycles. The van der Waals surface area contributed by atoms with Crippen molar-refractivity contribution in [2.24, 2.45) is 17.8 Å². The second kappa shape index (κ2) is 14.7. The van der Waals surface area contributed by atoms with Gasteiger partial charge < -0.3 is 10.2 Å². The first-order valence-electron chi connectivity index (χ1n) is 11.6. The topological polar surface area (TPSA) is 40.5 Å². The van der Waals surface area contributed by atoms with Crippen LogP contribution in [-0.4, -0.2) is 22.4 Å². The summed E-state index contributed by atoms with van der Waals surface area (Å²) < 4.78 is 0. The molecular weight excluding hydrogens is 320 g/mol. The zero-order valence-corrected chi connectivity index (χ0v) is 17.8. The summed E-state index contributed by atoms with van der Waals surface area (Å²) in [7, 11) is 0. The van der Waals surface area contributed by atoms with E-state index in [1.54, 1.807) is 0 Å². The Morgan fingerprint density at radius 2 is 1.62 bits per heavy atom. The molecule has 0 spiro atoms. The quantitative estimate of drug-likeness (QED) is 0.252. The average Bonchev–Trinajstić information content (AvgIpc) is 2.99. The van der Waals surface area contributed by atoms with E-state index in [9.17, 15) is 10.2 Å². The Balaban J connectivity index is 2.24. The first-order chi connectivity index (χ1) is 12.6. The van der Waals surface area contributed by atoms with Crippen molar-refractivity contribution in [2.45, 2.75) is 123 Å². The summed E-state index contributed by atoms with van der Waals surface area (Å²) in [5.74, 6) is 1.73. The van der Waals surface area contributed by atoms with E-state index in [0.717, 1.165) is 38.0 Å². The number of rotatable bonds is 15. The third-order valence-corrected chi connectivity index (χ3v) is 6.46. The van der Waals surface area contributed by atoms with E-state index in [0.29, 0.717) is 11.8 Å². The lowest BCUT2D eigenvalue weighted by molar-refractivity contribution is 0.116. The molecule has 2 unspecified atom stereocenters. The molecule has 5 atom stereocenters. The molecule has 0 aromatic heterocycles. The van der Waals surface area contributed by atoms with Crippen LogP contribution in [0.2, 0.25) is 0 Å². The van der Waals surface area contributed by atoms with Gasteiger partial charge >= 0.3 is 0 Å². The van der Waals surface area contributed by atoms with Gasteiger partial charge in [0, 0.05) is 0 Å². The molecule has 1 aliphatic carbocycles. The molecular formula is C24H46O2. The van der Waals surface area contributed by atoms with Gasteiger partial charge in [-0.2, -0.15) is 0 Å². The van der Waals surface area contributed by atoms with Crippen LogP contribution in [0, 0.1) is 17.8 Å². The van der Waals surface area contributed by atoms with E-state index in [-0.39, 0.29) is 12.2 Å². The van der Waals surface area contributed by atoms with E-state index in [1.807, 2.05) is 6.08 Å². The van der Waals surface area contributed by atoms with E-state index in [1.165, 1.54) is 57.8 Å². The maximum atomic E-state index is 10.3. The number of aliphatic hydroxyl groups excluding tert-OH is 2. The molecule has 1 aliphatic rings. The van der Waals surface area contributed by atoms with Gasteiger partial charge in [-0.25, -0.2) is 0 Å². The number of hydrogen-bond acceptors (Lipinski definition) is 2. The van der Waals surface area contributed by atoms with E-state index >= 15 is 0 Å². The van der Waals surface area contributed by atoms with E-state index in [2.05, 4.69) is 26.8 Å². The Morgan fingerprint density at radius 1 is 0.923 bits per heavy atom. The Bertz CT molecular complexity index is 352. The maximum Gasteiger partial charge on any atom is 0.0721 e. The lowest BCUT2D eigenvalue weighted by Gasteiger charge is -2.20. The third kappa shape index (κ3) is 10.1. The van der Waals surface area contributed by atoms with Crippen molar-refractivity contribution in [3.05, 3.63) is 12.2 Å². The Labute approximate surface area is 163 Å². The van der Waals surface area contributed by atoms with Crippen molar-refractivity contribution in [2.75, 3.05) is 0 Å². The van der Waals surface area contributed by atoms with Gasteiger partial charge in [-0.15, -0.1) is 0 Å². The second-order valence-corrected chi connectivity index (χ2v) is 8.78. The van der Waals surface area contributed by atoms with Crippen LogP contribution in [0.25, 0.3) is 0 Å². The molecule has 1 fully saturated rings. The Hall–Kier alpha value is -0.340. The van der Waals surface area contributed by atoms with Crippen molar-refractivity contribution in [1.82, 2.24) is 0 Å². The standard InChI is InChI=1S/C24H46O2/c1-4-6-7-8-11-14-22(25)18-16-21-17-19-24(26)23(21)15-12-9-10-13-20(3)5-2/h16,18,20-26H,4-15,17,19H2,1-3H3/t20?,21-,22?,23+,24-/m0/s1. The summed E-state index contributed by atoms with van der Waals surface area (Å²) >= 11 is 0. The fraction of sp³-hybridized carbons (Fsp3) is 0.917. The van der Waals surface area contributed by atoms with Gasteiger partial charge in [-0.05, 0) is 43.4 Å².